The first-order chi connectivity index (χ1) is 15.8. The van der Waals surface area contributed by atoms with Crippen LogP contribution in [0.2, 0.25) is 0 Å². The molecular formula is C23H26F3N5OS. The fourth-order valence-electron chi connectivity index (χ4n) is 5.00. The van der Waals surface area contributed by atoms with E-state index in [0.29, 0.717) is 23.4 Å². The van der Waals surface area contributed by atoms with Crippen LogP contribution in [0.4, 0.5) is 19.0 Å². The van der Waals surface area contributed by atoms with Crippen LogP contribution in [-0.2, 0) is 4.79 Å². The van der Waals surface area contributed by atoms with Gasteiger partial charge in [0.2, 0.25) is 5.91 Å². The molecule has 1 amide bonds. The molecule has 33 heavy (non-hydrogen) atoms. The van der Waals surface area contributed by atoms with Crippen LogP contribution < -0.4 is 10.6 Å². The molecule has 5 rings (SSSR count). The van der Waals surface area contributed by atoms with Gasteiger partial charge >= 0.3 is 5.51 Å². The Morgan fingerprint density at radius 1 is 1.21 bits per heavy atom. The third-order valence-electron chi connectivity index (χ3n) is 6.84. The standard InChI is InChI=1S/C23H26F3N5OS/c1-30-15-9-11-16(18(30)12-10-15)28-20-6-2-5-19-21(33-23(24,25)26)17(29-31(19)20)4-3-13-27-22(32)14-7-8-14/h2,5-6,14-16,18,28H,7-13H2,1H3,(H,27,32)/t15-,16-,18-/m1/s1. The molecule has 3 atom stereocenters. The third kappa shape index (κ3) is 4.80. The van der Waals surface area contributed by atoms with Gasteiger partial charge in [0, 0.05) is 24.0 Å². The maximum absolute atomic E-state index is 13.3. The van der Waals surface area contributed by atoms with Crippen molar-refractivity contribution >= 4 is 29.0 Å². The number of fused-ring (bicyclic) bond motifs is 3. The highest BCUT2D eigenvalue weighted by Gasteiger charge is 2.40. The van der Waals surface area contributed by atoms with E-state index >= 15 is 0 Å². The third-order valence-corrected chi connectivity index (χ3v) is 7.68. The summed E-state index contributed by atoms with van der Waals surface area (Å²) in [6.07, 6.45) is 6.20. The first-order valence-electron chi connectivity index (χ1n) is 11.3. The normalized spacial score (nSPS) is 25.0. The molecule has 6 nitrogen and oxygen atoms in total. The number of alkyl halides is 3. The molecule has 2 aromatic rings. The predicted molar refractivity (Wildman–Crippen MR) is 121 cm³/mol. The Labute approximate surface area is 194 Å². The zero-order valence-corrected chi connectivity index (χ0v) is 19.1. The van der Waals surface area contributed by atoms with Crippen molar-refractivity contribution in [2.75, 3.05) is 18.9 Å². The molecule has 2 aliphatic heterocycles. The number of rotatable bonds is 5. The average molecular weight is 478 g/mol. The van der Waals surface area contributed by atoms with Crippen LogP contribution in [0.25, 0.3) is 5.52 Å². The lowest BCUT2D eigenvalue weighted by atomic mass is 9.98. The molecule has 0 unspecified atom stereocenters. The van der Waals surface area contributed by atoms with Crippen molar-refractivity contribution in [1.82, 2.24) is 19.8 Å². The van der Waals surface area contributed by atoms with E-state index in [2.05, 4.69) is 39.5 Å². The Hall–Kier alpha value is -2.38. The summed E-state index contributed by atoms with van der Waals surface area (Å²) < 4.78 is 41.5. The molecule has 1 aliphatic carbocycles. The second-order valence-electron chi connectivity index (χ2n) is 9.02. The monoisotopic (exact) mass is 477 g/mol. The second-order valence-corrected chi connectivity index (χ2v) is 10.1. The van der Waals surface area contributed by atoms with Gasteiger partial charge in [0.25, 0.3) is 0 Å². The number of hydrogen-bond acceptors (Lipinski definition) is 5. The summed E-state index contributed by atoms with van der Waals surface area (Å²) in [4.78, 5) is 14.2. The Balaban J connectivity index is 1.42. The van der Waals surface area contributed by atoms with Gasteiger partial charge in [-0.2, -0.15) is 18.3 Å². The maximum Gasteiger partial charge on any atom is 0.446 e. The number of aromatic nitrogens is 2. The van der Waals surface area contributed by atoms with E-state index in [1.807, 2.05) is 6.07 Å². The molecular weight excluding hydrogens is 451 g/mol. The number of halogens is 3. The molecule has 3 aliphatic rings. The van der Waals surface area contributed by atoms with Crippen molar-refractivity contribution in [3.8, 4) is 11.8 Å². The minimum atomic E-state index is -4.46. The first kappa shape index (κ1) is 22.4. The lowest BCUT2D eigenvalue weighted by Gasteiger charge is -2.38. The summed E-state index contributed by atoms with van der Waals surface area (Å²) in [5.41, 5.74) is -4.04. The van der Waals surface area contributed by atoms with Crippen LogP contribution in [-0.4, -0.2) is 57.6 Å². The molecule has 3 fully saturated rings. The number of hydrogen-bond donors (Lipinski definition) is 2. The van der Waals surface area contributed by atoms with Gasteiger partial charge in [0.15, 0.2) is 0 Å². The molecule has 2 saturated heterocycles. The number of likely N-dealkylation sites (N-methyl/N-ethyl adjacent to an activating group) is 1. The van der Waals surface area contributed by atoms with E-state index in [-0.39, 0.29) is 46.8 Å². The number of piperidine rings is 1. The van der Waals surface area contributed by atoms with E-state index in [9.17, 15) is 18.0 Å². The van der Waals surface area contributed by atoms with Gasteiger partial charge in [-0.3, -0.25) is 9.69 Å². The molecule has 1 saturated carbocycles. The van der Waals surface area contributed by atoms with Gasteiger partial charge in [-0.1, -0.05) is 12.0 Å². The largest absolute Gasteiger partial charge is 0.446 e. The Bertz CT molecular complexity index is 1120. The summed E-state index contributed by atoms with van der Waals surface area (Å²) >= 11 is -0.200. The number of carbonyl (C=O) groups excluding carboxylic acids is 1. The van der Waals surface area contributed by atoms with Crippen LogP contribution in [0, 0.1) is 17.8 Å². The first-order valence-corrected chi connectivity index (χ1v) is 12.1. The molecule has 4 heterocycles. The van der Waals surface area contributed by atoms with E-state index in [0.717, 1.165) is 32.1 Å². The van der Waals surface area contributed by atoms with Crippen LogP contribution >= 0.6 is 11.8 Å². The minimum Gasteiger partial charge on any atom is -0.366 e. The molecule has 0 aromatic carbocycles. The summed E-state index contributed by atoms with van der Waals surface area (Å²) in [5, 5.41) is 10.7. The lowest BCUT2D eigenvalue weighted by molar-refractivity contribution is -0.122. The highest BCUT2D eigenvalue weighted by Crippen LogP contribution is 2.41. The Morgan fingerprint density at radius 2 is 2.00 bits per heavy atom. The SMILES string of the molecule is CN1[C@H]2CC[C@@H]1[C@H](Nc1cccc3c(SC(F)(F)F)c(C#CCNC(=O)C4CC4)nn13)CC2. The molecule has 0 spiro atoms. The molecule has 10 heteroatoms. The summed E-state index contributed by atoms with van der Waals surface area (Å²) in [6.45, 7) is 0.0850. The number of anilines is 1. The molecule has 0 radical (unpaired) electrons. The predicted octanol–water partition coefficient (Wildman–Crippen LogP) is 3.86. The number of carbonyl (C=O) groups is 1. The number of thioether (sulfide) groups is 1. The van der Waals surface area contributed by atoms with Crippen LogP contribution in [0.1, 0.15) is 44.2 Å². The van der Waals surface area contributed by atoms with E-state index in [1.54, 1.807) is 12.1 Å². The summed E-state index contributed by atoms with van der Waals surface area (Å²) in [6, 6.07) is 6.48. The number of nitrogens with one attached hydrogen (secondary N) is 2. The van der Waals surface area contributed by atoms with Gasteiger partial charge < -0.3 is 10.6 Å². The van der Waals surface area contributed by atoms with Crippen molar-refractivity contribution in [2.45, 2.75) is 67.1 Å². The summed E-state index contributed by atoms with van der Waals surface area (Å²) in [5.74, 6) is 6.18. The zero-order chi connectivity index (χ0) is 23.2. The summed E-state index contributed by atoms with van der Waals surface area (Å²) in [7, 11) is 2.15. The van der Waals surface area contributed by atoms with Crippen molar-refractivity contribution in [3.63, 3.8) is 0 Å². The molecule has 2 N–H and O–H groups in total. The minimum absolute atomic E-state index is 0.0196. The van der Waals surface area contributed by atoms with Gasteiger partial charge in [0.1, 0.15) is 11.5 Å². The highest BCUT2D eigenvalue weighted by molar-refractivity contribution is 8.00. The van der Waals surface area contributed by atoms with Gasteiger partial charge in [-0.05, 0) is 75.4 Å². The van der Waals surface area contributed by atoms with E-state index in [4.69, 9.17) is 0 Å². The lowest BCUT2D eigenvalue weighted by Crippen LogP contribution is -2.48. The van der Waals surface area contributed by atoms with Crippen LogP contribution in [0.15, 0.2) is 23.1 Å². The van der Waals surface area contributed by atoms with Gasteiger partial charge in [-0.25, -0.2) is 4.52 Å². The fraction of sp³-hybridized carbons (Fsp3) is 0.565. The Kier molecular flexibility index (Phi) is 5.95. The zero-order valence-electron chi connectivity index (χ0n) is 18.3. The topological polar surface area (TPSA) is 61.7 Å². The smallest absolute Gasteiger partial charge is 0.366 e. The van der Waals surface area contributed by atoms with Crippen molar-refractivity contribution in [3.05, 3.63) is 23.9 Å². The second kappa shape index (κ2) is 8.76. The van der Waals surface area contributed by atoms with Crippen molar-refractivity contribution < 1.29 is 18.0 Å². The van der Waals surface area contributed by atoms with Gasteiger partial charge in [0.05, 0.1) is 17.0 Å². The molecule has 176 valence electrons. The number of pyridine rings is 1. The van der Waals surface area contributed by atoms with Crippen LogP contribution in [0.3, 0.4) is 0 Å². The molecule has 2 bridgehead atoms. The quantitative estimate of drug-likeness (QED) is 0.506. The van der Waals surface area contributed by atoms with E-state index in [1.165, 1.54) is 10.9 Å². The van der Waals surface area contributed by atoms with Gasteiger partial charge in [-0.15, -0.1) is 0 Å². The highest BCUT2D eigenvalue weighted by atomic mass is 32.2. The van der Waals surface area contributed by atoms with Crippen molar-refractivity contribution in [1.29, 1.82) is 0 Å². The molecule has 2 aromatic heterocycles. The maximum atomic E-state index is 13.3. The average Bonchev–Trinajstić information content (AvgIpc) is 3.51. The number of nitrogens with zero attached hydrogens (tertiary/aromatic N) is 3. The van der Waals surface area contributed by atoms with Crippen LogP contribution in [0.5, 0.6) is 0 Å². The fourth-order valence-corrected chi connectivity index (χ4v) is 5.68. The number of amides is 1. The van der Waals surface area contributed by atoms with E-state index < -0.39 is 5.51 Å². The van der Waals surface area contributed by atoms with Crippen molar-refractivity contribution in [2.24, 2.45) is 5.92 Å². The Morgan fingerprint density at radius 3 is 2.76 bits per heavy atom.